The predicted octanol–water partition coefficient (Wildman–Crippen LogP) is 1.64. The lowest BCUT2D eigenvalue weighted by Crippen LogP contribution is -2.16. The van der Waals surface area contributed by atoms with Gasteiger partial charge in [-0.05, 0) is 19.4 Å². The predicted molar refractivity (Wildman–Crippen MR) is 70.1 cm³/mol. The Balaban J connectivity index is 2.89. The van der Waals surface area contributed by atoms with Gasteiger partial charge in [0.05, 0.1) is 11.0 Å². The van der Waals surface area contributed by atoms with Gasteiger partial charge in [-0.1, -0.05) is 36.5 Å². The fraction of sp³-hybridized carbons (Fsp3) is 0.364. The molecular weight excluding hydrogens is 242 g/mol. The van der Waals surface area contributed by atoms with Gasteiger partial charge in [0.25, 0.3) is 0 Å². The van der Waals surface area contributed by atoms with Gasteiger partial charge in [-0.15, -0.1) is 0 Å². The van der Waals surface area contributed by atoms with Gasteiger partial charge < -0.3 is 5.73 Å². The largest absolute Gasteiger partial charge is 0.389 e. The Bertz CT molecular complexity index is 475. The SMILES string of the molecule is CC(C)S(=O)(=O)Cc1ccc(C(N)=S)cc1. The molecule has 0 spiro atoms. The first kappa shape index (κ1) is 13.1. The average Bonchev–Trinajstić information content (AvgIpc) is 2.17. The Labute approximate surface area is 102 Å². The molecular formula is C11H15NO2S2. The molecule has 0 saturated carbocycles. The molecule has 0 aromatic heterocycles. The van der Waals surface area contributed by atoms with Crippen molar-refractivity contribution in [1.29, 1.82) is 0 Å². The first-order valence-corrected chi connectivity index (χ1v) is 7.05. The van der Waals surface area contributed by atoms with Gasteiger partial charge in [-0.2, -0.15) is 0 Å². The van der Waals surface area contributed by atoms with Crippen molar-refractivity contribution < 1.29 is 8.42 Å². The van der Waals surface area contributed by atoms with Gasteiger partial charge in [-0.25, -0.2) is 8.42 Å². The summed E-state index contributed by atoms with van der Waals surface area (Å²) in [4.78, 5) is 0.318. The molecule has 0 saturated heterocycles. The molecule has 0 amide bonds. The van der Waals surface area contributed by atoms with E-state index in [9.17, 15) is 8.42 Å². The summed E-state index contributed by atoms with van der Waals surface area (Å²) in [5.74, 6) is 0.0578. The van der Waals surface area contributed by atoms with E-state index in [0.29, 0.717) is 4.99 Å². The summed E-state index contributed by atoms with van der Waals surface area (Å²) in [6.45, 7) is 3.36. The number of sulfone groups is 1. The van der Waals surface area contributed by atoms with Crippen molar-refractivity contribution in [3.63, 3.8) is 0 Å². The van der Waals surface area contributed by atoms with E-state index in [0.717, 1.165) is 11.1 Å². The molecule has 0 aliphatic heterocycles. The second-order valence-electron chi connectivity index (χ2n) is 3.92. The van der Waals surface area contributed by atoms with E-state index in [1.165, 1.54) is 0 Å². The third-order valence-corrected chi connectivity index (χ3v) is 4.73. The molecule has 0 atom stereocenters. The van der Waals surface area contributed by atoms with E-state index in [-0.39, 0.29) is 11.0 Å². The Morgan fingerprint density at radius 3 is 2.19 bits per heavy atom. The molecule has 2 N–H and O–H groups in total. The molecule has 0 aliphatic rings. The normalized spacial score (nSPS) is 11.7. The van der Waals surface area contributed by atoms with Crippen LogP contribution >= 0.6 is 12.2 Å². The van der Waals surface area contributed by atoms with Crippen LogP contribution in [0.3, 0.4) is 0 Å². The van der Waals surface area contributed by atoms with Crippen LogP contribution in [0.25, 0.3) is 0 Å². The molecule has 1 aromatic carbocycles. The first-order chi connectivity index (χ1) is 7.33. The number of hydrogen-bond donors (Lipinski definition) is 1. The van der Waals surface area contributed by atoms with Crippen LogP contribution in [-0.2, 0) is 15.6 Å². The first-order valence-electron chi connectivity index (χ1n) is 4.93. The van der Waals surface area contributed by atoms with Crippen molar-refractivity contribution in [2.45, 2.75) is 24.9 Å². The van der Waals surface area contributed by atoms with Crippen LogP contribution < -0.4 is 5.73 Å². The minimum Gasteiger partial charge on any atom is -0.389 e. The van der Waals surface area contributed by atoms with Crippen molar-refractivity contribution in [3.8, 4) is 0 Å². The average molecular weight is 257 g/mol. The quantitative estimate of drug-likeness (QED) is 0.833. The van der Waals surface area contributed by atoms with Crippen LogP contribution in [0.5, 0.6) is 0 Å². The van der Waals surface area contributed by atoms with Gasteiger partial charge >= 0.3 is 0 Å². The van der Waals surface area contributed by atoms with Gasteiger partial charge in [0.1, 0.15) is 4.99 Å². The van der Waals surface area contributed by atoms with Crippen molar-refractivity contribution in [1.82, 2.24) is 0 Å². The van der Waals surface area contributed by atoms with Crippen LogP contribution in [0.1, 0.15) is 25.0 Å². The van der Waals surface area contributed by atoms with Crippen LogP contribution in [-0.4, -0.2) is 18.7 Å². The Morgan fingerprint density at radius 1 is 1.31 bits per heavy atom. The smallest absolute Gasteiger partial charge is 0.156 e. The molecule has 0 bridgehead atoms. The number of benzene rings is 1. The van der Waals surface area contributed by atoms with E-state index in [1.807, 2.05) is 0 Å². The number of hydrogen-bond acceptors (Lipinski definition) is 3. The molecule has 16 heavy (non-hydrogen) atoms. The maximum absolute atomic E-state index is 11.7. The topological polar surface area (TPSA) is 60.2 Å². The highest BCUT2D eigenvalue weighted by Crippen LogP contribution is 2.12. The second-order valence-corrected chi connectivity index (χ2v) is 6.91. The van der Waals surface area contributed by atoms with E-state index >= 15 is 0 Å². The molecule has 0 fully saturated rings. The molecule has 88 valence electrons. The summed E-state index contributed by atoms with van der Waals surface area (Å²) in [6, 6.07) is 6.98. The highest BCUT2D eigenvalue weighted by Gasteiger charge is 2.16. The monoisotopic (exact) mass is 257 g/mol. The summed E-state index contributed by atoms with van der Waals surface area (Å²) < 4.78 is 23.3. The van der Waals surface area contributed by atoms with Crippen LogP contribution in [0.2, 0.25) is 0 Å². The molecule has 1 rings (SSSR count). The van der Waals surface area contributed by atoms with Crippen molar-refractivity contribution in [2.75, 3.05) is 0 Å². The van der Waals surface area contributed by atoms with E-state index in [4.69, 9.17) is 18.0 Å². The third kappa shape index (κ3) is 3.28. The van der Waals surface area contributed by atoms with Gasteiger partial charge in [0.2, 0.25) is 0 Å². The van der Waals surface area contributed by atoms with Crippen molar-refractivity contribution in [3.05, 3.63) is 35.4 Å². The molecule has 5 heteroatoms. The summed E-state index contributed by atoms with van der Waals surface area (Å²) in [5, 5.41) is -0.359. The fourth-order valence-corrected chi connectivity index (χ4v) is 2.29. The molecule has 0 unspecified atom stereocenters. The standard InChI is InChI=1S/C11H15NO2S2/c1-8(2)16(13,14)7-9-3-5-10(6-4-9)11(12)15/h3-6,8H,7H2,1-2H3,(H2,12,15). The van der Waals surface area contributed by atoms with Crippen LogP contribution in [0.15, 0.2) is 24.3 Å². The summed E-state index contributed by atoms with van der Waals surface area (Å²) in [6.07, 6.45) is 0. The van der Waals surface area contributed by atoms with E-state index in [1.54, 1.807) is 38.1 Å². The molecule has 0 radical (unpaired) electrons. The zero-order chi connectivity index (χ0) is 12.3. The van der Waals surface area contributed by atoms with E-state index < -0.39 is 9.84 Å². The number of nitrogens with two attached hydrogens (primary N) is 1. The molecule has 3 nitrogen and oxygen atoms in total. The van der Waals surface area contributed by atoms with Crippen molar-refractivity contribution >= 4 is 27.0 Å². The summed E-state index contributed by atoms with van der Waals surface area (Å²) in [7, 11) is -3.05. The lowest BCUT2D eigenvalue weighted by Gasteiger charge is -2.08. The fourth-order valence-electron chi connectivity index (χ4n) is 1.16. The maximum Gasteiger partial charge on any atom is 0.156 e. The summed E-state index contributed by atoms with van der Waals surface area (Å²) >= 11 is 4.82. The van der Waals surface area contributed by atoms with Gasteiger partial charge in [0.15, 0.2) is 9.84 Å². The second kappa shape index (κ2) is 4.93. The zero-order valence-electron chi connectivity index (χ0n) is 9.30. The maximum atomic E-state index is 11.7. The Kier molecular flexibility index (Phi) is 4.04. The molecule has 0 aliphatic carbocycles. The molecule has 1 aromatic rings. The highest BCUT2D eigenvalue weighted by molar-refractivity contribution is 7.91. The minimum atomic E-state index is -3.05. The minimum absolute atomic E-state index is 0.0578. The zero-order valence-corrected chi connectivity index (χ0v) is 10.9. The van der Waals surface area contributed by atoms with E-state index in [2.05, 4.69) is 0 Å². The lowest BCUT2D eigenvalue weighted by atomic mass is 10.1. The van der Waals surface area contributed by atoms with Crippen LogP contribution in [0, 0.1) is 0 Å². The highest BCUT2D eigenvalue weighted by atomic mass is 32.2. The Morgan fingerprint density at radius 2 is 1.81 bits per heavy atom. The summed E-state index contributed by atoms with van der Waals surface area (Å²) in [5.41, 5.74) is 6.96. The Hall–Kier alpha value is -0.940. The van der Waals surface area contributed by atoms with Crippen molar-refractivity contribution in [2.24, 2.45) is 5.73 Å². The molecule has 0 heterocycles. The van der Waals surface area contributed by atoms with Gasteiger partial charge in [0, 0.05) is 5.56 Å². The number of thiocarbonyl (C=S) groups is 1. The van der Waals surface area contributed by atoms with Gasteiger partial charge in [-0.3, -0.25) is 0 Å². The van der Waals surface area contributed by atoms with Crippen LogP contribution in [0.4, 0.5) is 0 Å². The third-order valence-electron chi connectivity index (χ3n) is 2.32. The number of rotatable bonds is 4. The lowest BCUT2D eigenvalue weighted by molar-refractivity contribution is 0.586.